The van der Waals surface area contributed by atoms with E-state index in [1.165, 1.54) is 0 Å². The number of aryl methyl sites for hydroxylation is 1. The zero-order valence-electron chi connectivity index (χ0n) is 19.6. The third-order valence-corrected chi connectivity index (χ3v) is 5.90. The molecule has 0 aliphatic carbocycles. The number of hydrogen-bond donors (Lipinski definition) is 2. The van der Waals surface area contributed by atoms with E-state index in [1.807, 2.05) is 82.4 Å². The molecule has 0 saturated carbocycles. The summed E-state index contributed by atoms with van der Waals surface area (Å²) in [5, 5.41) is 6.73. The van der Waals surface area contributed by atoms with Gasteiger partial charge in [0, 0.05) is 24.9 Å². The van der Waals surface area contributed by atoms with Gasteiger partial charge in [-0.1, -0.05) is 56.3 Å². The van der Waals surface area contributed by atoms with Crippen molar-refractivity contribution in [3.63, 3.8) is 0 Å². The Hall–Kier alpha value is -3.19. The smallest absolute Gasteiger partial charge is 0.338 e. The largest absolute Gasteiger partial charge is 0.462 e. The minimum atomic E-state index is -0.463. The molecule has 1 amide bonds. The van der Waals surface area contributed by atoms with Crippen molar-refractivity contribution in [1.82, 2.24) is 10.2 Å². The maximum Gasteiger partial charge on any atom is 0.338 e. The number of carbonyl (C=O) groups excluding carboxylic acids is 2. The molecule has 7 heteroatoms. The van der Waals surface area contributed by atoms with Crippen molar-refractivity contribution in [3.8, 4) is 0 Å². The van der Waals surface area contributed by atoms with Crippen LogP contribution in [-0.4, -0.2) is 35.5 Å². The fraction of sp³-hybridized carbons (Fsp3) is 0.346. The van der Waals surface area contributed by atoms with Crippen LogP contribution in [0.25, 0.3) is 0 Å². The van der Waals surface area contributed by atoms with Gasteiger partial charge in [0.1, 0.15) is 0 Å². The van der Waals surface area contributed by atoms with Gasteiger partial charge in [-0.15, -0.1) is 0 Å². The molecule has 0 unspecified atom stereocenters. The Kier molecular flexibility index (Phi) is 8.22. The summed E-state index contributed by atoms with van der Waals surface area (Å²) in [5.41, 5.74) is 3.87. The molecule has 6 nitrogen and oxygen atoms in total. The lowest BCUT2D eigenvalue weighted by Gasteiger charge is -2.35. The molecule has 1 atom stereocenters. The van der Waals surface area contributed by atoms with Crippen LogP contribution in [0.15, 0.2) is 65.9 Å². The van der Waals surface area contributed by atoms with Gasteiger partial charge in [0.05, 0.1) is 18.2 Å². The molecule has 3 rings (SSSR count). The van der Waals surface area contributed by atoms with Gasteiger partial charge >= 0.3 is 5.97 Å². The highest BCUT2D eigenvalue weighted by Crippen LogP contribution is 2.32. The molecule has 2 aromatic rings. The van der Waals surface area contributed by atoms with Crippen molar-refractivity contribution in [2.45, 2.75) is 39.7 Å². The fourth-order valence-electron chi connectivity index (χ4n) is 3.59. The van der Waals surface area contributed by atoms with Crippen LogP contribution in [0.3, 0.4) is 0 Å². The summed E-state index contributed by atoms with van der Waals surface area (Å²) in [7, 11) is 1.82. The van der Waals surface area contributed by atoms with Crippen LogP contribution >= 0.6 is 12.2 Å². The number of anilines is 1. The van der Waals surface area contributed by atoms with Crippen molar-refractivity contribution >= 4 is 34.9 Å². The van der Waals surface area contributed by atoms with E-state index in [0.717, 1.165) is 16.8 Å². The second-order valence-electron chi connectivity index (χ2n) is 8.59. The van der Waals surface area contributed by atoms with Crippen molar-refractivity contribution in [3.05, 3.63) is 77.0 Å². The van der Waals surface area contributed by atoms with Gasteiger partial charge in [-0.2, -0.15) is 0 Å². The number of allylic oxidation sites excluding steroid dienone is 1. The fourth-order valence-corrected chi connectivity index (χ4v) is 3.85. The van der Waals surface area contributed by atoms with Gasteiger partial charge in [0.2, 0.25) is 5.91 Å². The molecule has 2 N–H and O–H groups in total. The number of thiocarbonyl (C=S) groups is 1. The van der Waals surface area contributed by atoms with Crippen molar-refractivity contribution in [1.29, 1.82) is 0 Å². The minimum absolute atomic E-state index is 0.0638. The number of esters is 1. The third kappa shape index (κ3) is 6.42. The second-order valence-corrected chi connectivity index (χ2v) is 8.98. The second kappa shape index (κ2) is 11.1. The average Bonchev–Trinajstić information content (AvgIpc) is 2.80. The van der Waals surface area contributed by atoms with Gasteiger partial charge in [-0.05, 0) is 54.7 Å². The van der Waals surface area contributed by atoms with Crippen molar-refractivity contribution in [2.75, 3.05) is 19.0 Å². The number of carbonyl (C=O) groups is 2. The molecule has 0 fully saturated rings. The molecular weight excluding hydrogens is 434 g/mol. The van der Waals surface area contributed by atoms with Crippen LogP contribution in [0.4, 0.5) is 5.69 Å². The SMILES string of the molecule is CC1=C(C(=O)OCC(C)C)[C@H](c2cccc(NC(=O)CCc3ccccc3)c2)NC(=S)N1C. The van der Waals surface area contributed by atoms with Crippen molar-refractivity contribution < 1.29 is 14.3 Å². The molecule has 1 aliphatic rings. The number of amides is 1. The highest BCUT2D eigenvalue weighted by Gasteiger charge is 2.33. The van der Waals surface area contributed by atoms with Crippen LogP contribution in [0, 0.1) is 5.92 Å². The van der Waals surface area contributed by atoms with Crippen molar-refractivity contribution in [2.24, 2.45) is 5.92 Å². The molecular formula is C26H31N3O3S. The normalized spacial score (nSPS) is 16.0. The Bertz CT molecular complexity index is 1050. The summed E-state index contributed by atoms with van der Waals surface area (Å²) in [5.74, 6) is -0.199. The van der Waals surface area contributed by atoms with E-state index in [9.17, 15) is 9.59 Å². The zero-order chi connectivity index (χ0) is 24.0. The van der Waals surface area contributed by atoms with Crippen LogP contribution in [0.1, 0.15) is 44.4 Å². The molecule has 33 heavy (non-hydrogen) atoms. The molecule has 0 spiro atoms. The number of rotatable bonds is 8. The minimum Gasteiger partial charge on any atom is -0.462 e. The molecule has 2 aromatic carbocycles. The lowest BCUT2D eigenvalue weighted by molar-refractivity contribution is -0.140. The van der Waals surface area contributed by atoms with Gasteiger partial charge in [-0.3, -0.25) is 4.79 Å². The summed E-state index contributed by atoms with van der Waals surface area (Å²) >= 11 is 5.47. The topological polar surface area (TPSA) is 70.7 Å². The molecule has 1 heterocycles. The van der Waals surface area contributed by atoms with E-state index in [2.05, 4.69) is 10.6 Å². The monoisotopic (exact) mass is 465 g/mol. The molecule has 0 aromatic heterocycles. The first-order valence-corrected chi connectivity index (χ1v) is 11.5. The highest BCUT2D eigenvalue weighted by atomic mass is 32.1. The average molecular weight is 466 g/mol. The Morgan fingerprint density at radius 3 is 2.58 bits per heavy atom. The van der Waals surface area contributed by atoms with E-state index in [0.29, 0.717) is 35.8 Å². The lowest BCUT2D eigenvalue weighted by Crippen LogP contribution is -2.46. The molecule has 0 bridgehead atoms. The quantitative estimate of drug-likeness (QED) is 0.439. The Balaban J connectivity index is 1.78. The lowest BCUT2D eigenvalue weighted by atomic mass is 9.94. The predicted octanol–water partition coefficient (Wildman–Crippen LogP) is 4.59. The molecule has 1 aliphatic heterocycles. The maximum absolute atomic E-state index is 13.0. The summed E-state index contributed by atoms with van der Waals surface area (Å²) in [6.07, 6.45) is 1.06. The van der Waals surface area contributed by atoms with Gasteiger partial charge in [-0.25, -0.2) is 4.79 Å². The first-order valence-electron chi connectivity index (χ1n) is 11.1. The van der Waals surface area contributed by atoms with E-state index < -0.39 is 6.04 Å². The first kappa shape index (κ1) is 24.5. The number of benzene rings is 2. The van der Waals surface area contributed by atoms with E-state index >= 15 is 0 Å². The molecule has 174 valence electrons. The van der Waals surface area contributed by atoms with Crippen LogP contribution in [0.5, 0.6) is 0 Å². The van der Waals surface area contributed by atoms with Gasteiger partial charge in [0.15, 0.2) is 5.11 Å². The maximum atomic E-state index is 13.0. The van der Waals surface area contributed by atoms with E-state index in [1.54, 1.807) is 4.90 Å². The van der Waals surface area contributed by atoms with Gasteiger partial charge < -0.3 is 20.3 Å². The number of nitrogens with one attached hydrogen (secondary N) is 2. The molecule has 0 radical (unpaired) electrons. The zero-order valence-corrected chi connectivity index (χ0v) is 20.4. The summed E-state index contributed by atoms with van der Waals surface area (Å²) < 4.78 is 5.54. The standard InChI is InChI=1S/C26H31N3O3S/c1-17(2)16-32-25(31)23-18(3)29(4)26(33)28-24(23)20-11-8-12-21(15-20)27-22(30)14-13-19-9-6-5-7-10-19/h5-12,15,17,24H,13-14,16H2,1-4H3,(H,27,30)(H,28,33)/t24-/m0/s1. The number of nitrogens with zero attached hydrogens (tertiary/aromatic N) is 1. The molecule has 0 saturated heterocycles. The van der Waals surface area contributed by atoms with E-state index in [4.69, 9.17) is 17.0 Å². The third-order valence-electron chi connectivity index (χ3n) is 5.51. The van der Waals surface area contributed by atoms with Gasteiger partial charge in [0.25, 0.3) is 0 Å². The Morgan fingerprint density at radius 1 is 1.15 bits per heavy atom. The summed E-state index contributed by atoms with van der Waals surface area (Å²) in [6.45, 7) is 6.20. The first-order chi connectivity index (χ1) is 15.8. The van der Waals surface area contributed by atoms with Crippen LogP contribution in [-0.2, 0) is 20.7 Å². The van der Waals surface area contributed by atoms with Crippen LogP contribution in [0.2, 0.25) is 0 Å². The summed E-state index contributed by atoms with van der Waals surface area (Å²) in [6, 6.07) is 16.9. The predicted molar refractivity (Wildman–Crippen MR) is 135 cm³/mol. The Labute approximate surface area is 201 Å². The number of ether oxygens (including phenoxy) is 1. The van der Waals surface area contributed by atoms with Crippen LogP contribution < -0.4 is 10.6 Å². The summed E-state index contributed by atoms with van der Waals surface area (Å²) in [4.78, 5) is 27.2. The number of hydrogen-bond acceptors (Lipinski definition) is 4. The Morgan fingerprint density at radius 2 is 1.88 bits per heavy atom. The highest BCUT2D eigenvalue weighted by molar-refractivity contribution is 7.80. The van der Waals surface area contributed by atoms with E-state index in [-0.39, 0.29) is 17.8 Å².